The Bertz CT molecular complexity index is 937. The number of aryl methyl sites for hydroxylation is 1. The van der Waals surface area contributed by atoms with Gasteiger partial charge in [-0.25, -0.2) is 9.78 Å². The van der Waals surface area contributed by atoms with Crippen LogP contribution in [0.2, 0.25) is 0 Å². The van der Waals surface area contributed by atoms with Gasteiger partial charge in [0.1, 0.15) is 29.0 Å². The van der Waals surface area contributed by atoms with E-state index in [9.17, 15) is 4.79 Å². The van der Waals surface area contributed by atoms with E-state index in [4.69, 9.17) is 19.6 Å². The second-order valence-electron chi connectivity index (χ2n) is 7.34. The Morgan fingerprint density at radius 2 is 2.30 bits per heavy atom. The molecule has 0 saturated heterocycles. The third-order valence-corrected chi connectivity index (χ3v) is 5.34. The first kappa shape index (κ1) is 17.6. The molecule has 3 heterocycles. The molecule has 1 aliphatic carbocycles. The first-order valence-corrected chi connectivity index (χ1v) is 9.23. The molecule has 0 spiro atoms. The highest BCUT2D eigenvalue weighted by atomic mass is 16.5. The van der Waals surface area contributed by atoms with E-state index in [0.29, 0.717) is 47.3 Å². The van der Waals surface area contributed by atoms with Crippen molar-refractivity contribution in [1.29, 1.82) is 0 Å². The topological polar surface area (TPSA) is 100 Å². The van der Waals surface area contributed by atoms with Crippen molar-refractivity contribution < 1.29 is 13.9 Å². The molecule has 1 fully saturated rings. The van der Waals surface area contributed by atoms with Gasteiger partial charge in [0.25, 0.3) is 0 Å². The Morgan fingerprint density at radius 1 is 1.44 bits per heavy atom. The van der Waals surface area contributed by atoms with E-state index >= 15 is 0 Å². The number of ether oxygens (including phenoxy) is 2. The van der Waals surface area contributed by atoms with Crippen molar-refractivity contribution in [2.75, 3.05) is 12.3 Å². The average molecular weight is 369 g/mol. The van der Waals surface area contributed by atoms with Gasteiger partial charge in [0.15, 0.2) is 0 Å². The van der Waals surface area contributed by atoms with Crippen LogP contribution in [-0.2, 0) is 0 Å². The maximum absolute atomic E-state index is 12.0. The third-order valence-electron chi connectivity index (χ3n) is 5.34. The minimum absolute atomic E-state index is 0.00326. The quantitative estimate of drug-likeness (QED) is 0.884. The van der Waals surface area contributed by atoms with Gasteiger partial charge < -0.3 is 19.6 Å². The number of rotatable bonds is 4. The fourth-order valence-electron chi connectivity index (χ4n) is 3.79. The highest BCUT2D eigenvalue weighted by Crippen LogP contribution is 2.40. The number of aromatic nitrogens is 2. The Hall–Kier alpha value is -2.83. The van der Waals surface area contributed by atoms with E-state index < -0.39 is 0 Å². The number of nitrogens with zero attached hydrogens (tertiary/aromatic N) is 2. The number of anilines is 1. The van der Waals surface area contributed by atoms with E-state index in [1.54, 1.807) is 25.3 Å². The molecule has 1 unspecified atom stereocenters. The monoisotopic (exact) mass is 369 g/mol. The zero-order valence-electron chi connectivity index (χ0n) is 15.5. The van der Waals surface area contributed by atoms with Gasteiger partial charge in [-0.2, -0.15) is 4.98 Å². The molecule has 27 heavy (non-hydrogen) atoms. The lowest BCUT2D eigenvalue weighted by Gasteiger charge is -2.36. The molecule has 0 radical (unpaired) electrons. The van der Waals surface area contributed by atoms with Crippen LogP contribution < -0.4 is 20.8 Å². The number of nitrogen functional groups attached to an aromatic ring is 1. The van der Waals surface area contributed by atoms with Crippen molar-refractivity contribution in [3.05, 3.63) is 45.6 Å². The molecule has 2 N–H and O–H groups in total. The molecule has 2 aromatic heterocycles. The van der Waals surface area contributed by atoms with Gasteiger partial charge in [-0.3, -0.25) is 0 Å². The second-order valence-corrected chi connectivity index (χ2v) is 7.34. The number of hydrogen-bond acceptors (Lipinski definition) is 7. The van der Waals surface area contributed by atoms with Gasteiger partial charge in [0.05, 0.1) is 6.61 Å². The molecule has 2 aromatic rings. The van der Waals surface area contributed by atoms with Crippen LogP contribution in [0.4, 0.5) is 5.82 Å². The van der Waals surface area contributed by atoms with Gasteiger partial charge >= 0.3 is 11.6 Å². The second kappa shape index (κ2) is 7.06. The first-order chi connectivity index (χ1) is 13.0. The molecule has 4 rings (SSSR count). The molecule has 0 amide bonds. The van der Waals surface area contributed by atoms with Crippen LogP contribution in [0.25, 0.3) is 6.08 Å². The fraction of sp³-hybridized carbons (Fsp3) is 0.450. The maximum Gasteiger partial charge on any atom is 0.346 e. The van der Waals surface area contributed by atoms with Crippen molar-refractivity contribution in [1.82, 2.24) is 9.97 Å². The van der Waals surface area contributed by atoms with Gasteiger partial charge in [-0.15, -0.1) is 0 Å². The number of nitrogens with two attached hydrogens (primary N) is 1. The molecular formula is C20H23N3O4. The maximum atomic E-state index is 12.0. The molecule has 2 aliphatic rings. The summed E-state index contributed by atoms with van der Waals surface area (Å²) in [6, 6.07) is 3.73. The summed E-state index contributed by atoms with van der Waals surface area (Å²) in [7, 11) is 0. The summed E-state index contributed by atoms with van der Waals surface area (Å²) in [5.74, 6) is 2.36. The molecule has 1 aliphatic heterocycles. The van der Waals surface area contributed by atoms with Crippen LogP contribution >= 0.6 is 0 Å². The molecule has 1 saturated carbocycles. The first-order valence-electron chi connectivity index (χ1n) is 9.23. The Morgan fingerprint density at radius 3 is 3.11 bits per heavy atom. The van der Waals surface area contributed by atoms with Crippen LogP contribution in [0.15, 0.2) is 33.1 Å². The minimum atomic E-state index is -0.332. The SMILES string of the molecule is Cc1cc2c(c(=O)o1)C=C1CC[C@H](C(C)COc3nccc(N)n3)C[C@@H]1O2. The summed E-state index contributed by atoms with van der Waals surface area (Å²) < 4.78 is 17.0. The van der Waals surface area contributed by atoms with Crippen molar-refractivity contribution in [3.63, 3.8) is 0 Å². The van der Waals surface area contributed by atoms with Gasteiger partial charge in [0.2, 0.25) is 0 Å². The number of fused-ring (bicyclic) bond motifs is 2. The lowest BCUT2D eigenvalue weighted by Crippen LogP contribution is -2.34. The Kier molecular flexibility index (Phi) is 4.59. The van der Waals surface area contributed by atoms with Crippen LogP contribution in [0.3, 0.4) is 0 Å². The molecule has 0 aromatic carbocycles. The fourth-order valence-corrected chi connectivity index (χ4v) is 3.79. The van der Waals surface area contributed by atoms with Crippen molar-refractivity contribution in [2.45, 2.75) is 39.2 Å². The lowest BCUT2D eigenvalue weighted by molar-refractivity contribution is 0.115. The van der Waals surface area contributed by atoms with Gasteiger partial charge in [0, 0.05) is 12.3 Å². The van der Waals surface area contributed by atoms with Crippen LogP contribution in [-0.4, -0.2) is 22.7 Å². The van der Waals surface area contributed by atoms with Crippen molar-refractivity contribution in [2.24, 2.45) is 11.8 Å². The average Bonchev–Trinajstić information content (AvgIpc) is 2.64. The summed E-state index contributed by atoms with van der Waals surface area (Å²) in [6.45, 7) is 4.45. The molecule has 0 bridgehead atoms. The minimum Gasteiger partial charge on any atom is -0.485 e. The Labute approximate surface area is 157 Å². The smallest absolute Gasteiger partial charge is 0.346 e. The molecule has 7 nitrogen and oxygen atoms in total. The summed E-state index contributed by atoms with van der Waals surface area (Å²) in [5, 5.41) is 0. The molecular weight excluding hydrogens is 346 g/mol. The van der Waals surface area contributed by atoms with E-state index in [-0.39, 0.29) is 11.7 Å². The largest absolute Gasteiger partial charge is 0.485 e. The molecule has 3 atom stereocenters. The van der Waals surface area contributed by atoms with E-state index in [2.05, 4.69) is 16.9 Å². The van der Waals surface area contributed by atoms with Crippen molar-refractivity contribution in [3.8, 4) is 11.8 Å². The van der Waals surface area contributed by atoms with Crippen LogP contribution in [0.1, 0.15) is 37.5 Å². The number of hydrogen-bond donors (Lipinski definition) is 1. The summed E-state index contributed by atoms with van der Waals surface area (Å²) in [6.07, 6.45) is 6.37. The summed E-state index contributed by atoms with van der Waals surface area (Å²) >= 11 is 0. The molecule has 7 heteroatoms. The van der Waals surface area contributed by atoms with Gasteiger partial charge in [-0.1, -0.05) is 6.92 Å². The summed E-state index contributed by atoms with van der Waals surface area (Å²) in [4.78, 5) is 20.2. The normalized spacial score (nSPS) is 22.1. The third kappa shape index (κ3) is 3.67. The predicted octanol–water partition coefficient (Wildman–Crippen LogP) is 2.98. The standard InChI is InChI=1S/C20H23N3O4/c1-11(10-25-20-22-6-5-18(21)23-20)13-3-4-14-8-15-17(27-16(14)9-13)7-12(2)26-19(15)24/h5-8,11,13,16H,3-4,9-10H2,1-2H3,(H2,21,22,23)/t11?,13-,16-/m0/s1. The van der Waals surface area contributed by atoms with Gasteiger partial charge in [-0.05, 0) is 55.7 Å². The van der Waals surface area contributed by atoms with E-state index in [0.717, 1.165) is 19.3 Å². The molecule has 142 valence electrons. The van der Waals surface area contributed by atoms with E-state index in [1.165, 1.54) is 5.57 Å². The zero-order valence-corrected chi connectivity index (χ0v) is 15.5. The highest BCUT2D eigenvalue weighted by Gasteiger charge is 2.34. The van der Waals surface area contributed by atoms with E-state index in [1.807, 2.05) is 6.08 Å². The lowest BCUT2D eigenvalue weighted by atomic mass is 9.76. The predicted molar refractivity (Wildman–Crippen MR) is 101 cm³/mol. The highest BCUT2D eigenvalue weighted by molar-refractivity contribution is 5.62. The Balaban J connectivity index is 1.42. The zero-order chi connectivity index (χ0) is 19.0. The van der Waals surface area contributed by atoms with Crippen LogP contribution in [0.5, 0.6) is 11.8 Å². The van der Waals surface area contributed by atoms with Crippen LogP contribution in [0, 0.1) is 18.8 Å². The summed E-state index contributed by atoms with van der Waals surface area (Å²) in [5.41, 5.74) is 7.02. The van der Waals surface area contributed by atoms with Crippen molar-refractivity contribution >= 4 is 11.9 Å².